The van der Waals surface area contributed by atoms with Gasteiger partial charge in [-0.15, -0.1) is 10.2 Å². The molecule has 0 spiro atoms. The minimum absolute atomic E-state index is 0.109. The van der Waals surface area contributed by atoms with Gasteiger partial charge in [-0.3, -0.25) is 0 Å². The molecular weight excluding hydrogens is 262 g/mol. The van der Waals surface area contributed by atoms with E-state index in [9.17, 15) is 0 Å². The first-order valence-electron chi connectivity index (χ1n) is 4.61. The highest BCUT2D eigenvalue weighted by Gasteiger charge is 2.16. The van der Waals surface area contributed by atoms with Crippen molar-refractivity contribution in [3.05, 3.63) is 24.2 Å². The summed E-state index contributed by atoms with van der Waals surface area (Å²) in [6, 6.07) is 3.80. The Morgan fingerprint density at radius 2 is 2.31 bits per heavy atom. The highest BCUT2D eigenvalue weighted by atomic mass is 32.2. The average Bonchev–Trinajstić information content (AvgIpc) is 2.96. The van der Waals surface area contributed by atoms with Crippen LogP contribution in [0, 0.1) is 0 Å². The van der Waals surface area contributed by atoms with Crippen LogP contribution in [0.25, 0.3) is 0 Å². The zero-order valence-corrected chi connectivity index (χ0v) is 11.1. The van der Waals surface area contributed by atoms with E-state index in [2.05, 4.69) is 10.2 Å². The number of thioether (sulfide) groups is 2. The van der Waals surface area contributed by atoms with Crippen LogP contribution in [0.3, 0.4) is 0 Å². The maximum atomic E-state index is 5.72. The lowest BCUT2D eigenvalue weighted by atomic mass is 10.3. The number of aromatic nitrogens is 2. The second kappa shape index (κ2) is 5.72. The van der Waals surface area contributed by atoms with Crippen molar-refractivity contribution in [2.75, 3.05) is 12.8 Å². The molecule has 0 aliphatic carbocycles. The van der Waals surface area contributed by atoms with Gasteiger partial charge in [0.05, 0.1) is 11.5 Å². The number of nitrogens with zero attached hydrogens (tertiary/aromatic N) is 2. The lowest BCUT2D eigenvalue weighted by Crippen LogP contribution is -2.08. The van der Waals surface area contributed by atoms with Crippen LogP contribution in [0.5, 0.6) is 0 Å². The molecule has 7 heteroatoms. The van der Waals surface area contributed by atoms with Gasteiger partial charge in [0, 0.05) is 6.54 Å². The summed E-state index contributed by atoms with van der Waals surface area (Å²) in [7, 11) is 0. The Morgan fingerprint density at radius 1 is 1.50 bits per heavy atom. The number of rotatable bonds is 5. The molecule has 0 saturated heterocycles. The van der Waals surface area contributed by atoms with E-state index >= 15 is 0 Å². The molecule has 0 fully saturated rings. The molecule has 16 heavy (non-hydrogen) atoms. The lowest BCUT2D eigenvalue weighted by molar-refractivity contribution is 0.507. The Morgan fingerprint density at radius 3 is 2.88 bits per heavy atom. The molecule has 86 valence electrons. The topological polar surface area (TPSA) is 64.9 Å². The third-order valence-corrected chi connectivity index (χ3v) is 5.10. The van der Waals surface area contributed by atoms with Gasteiger partial charge >= 0.3 is 0 Å². The number of furan rings is 1. The highest BCUT2D eigenvalue weighted by molar-refractivity contribution is 8.03. The first kappa shape index (κ1) is 12.0. The molecule has 2 aromatic rings. The van der Waals surface area contributed by atoms with E-state index < -0.39 is 0 Å². The van der Waals surface area contributed by atoms with Gasteiger partial charge in [0.25, 0.3) is 0 Å². The fraction of sp³-hybridized carbons (Fsp3) is 0.333. The largest absolute Gasteiger partial charge is 0.468 e. The van der Waals surface area contributed by atoms with Crippen molar-refractivity contribution in [2.24, 2.45) is 5.73 Å². The summed E-state index contributed by atoms with van der Waals surface area (Å²) < 4.78 is 7.24. The van der Waals surface area contributed by atoms with Gasteiger partial charge in [-0.2, -0.15) is 0 Å². The van der Waals surface area contributed by atoms with Crippen molar-refractivity contribution in [1.29, 1.82) is 0 Å². The molecule has 0 amide bonds. The number of hydrogen-bond donors (Lipinski definition) is 1. The molecule has 1 atom stereocenters. The molecule has 0 aromatic carbocycles. The fourth-order valence-corrected chi connectivity index (χ4v) is 3.76. The summed E-state index contributed by atoms with van der Waals surface area (Å²) >= 11 is 4.77. The van der Waals surface area contributed by atoms with Crippen molar-refractivity contribution in [3.8, 4) is 0 Å². The van der Waals surface area contributed by atoms with Crippen molar-refractivity contribution in [1.82, 2.24) is 10.2 Å². The minimum Gasteiger partial charge on any atom is -0.468 e. The Kier molecular flexibility index (Phi) is 4.28. The molecular formula is C9H11N3OS3. The van der Waals surface area contributed by atoms with Crippen molar-refractivity contribution in [3.63, 3.8) is 0 Å². The highest BCUT2D eigenvalue weighted by Crippen LogP contribution is 2.37. The molecule has 0 radical (unpaired) electrons. The van der Waals surface area contributed by atoms with Crippen LogP contribution in [0.2, 0.25) is 0 Å². The molecule has 2 N–H and O–H groups in total. The molecule has 0 aliphatic rings. The second-order valence-corrected chi connectivity index (χ2v) is 6.38. The van der Waals surface area contributed by atoms with E-state index in [-0.39, 0.29) is 5.25 Å². The molecule has 2 aromatic heterocycles. The molecule has 0 bridgehead atoms. The van der Waals surface area contributed by atoms with Crippen LogP contribution in [0.1, 0.15) is 11.0 Å². The molecule has 0 aliphatic heterocycles. The summed E-state index contributed by atoms with van der Waals surface area (Å²) in [5, 5.41) is 8.25. The van der Waals surface area contributed by atoms with Crippen molar-refractivity contribution < 1.29 is 4.42 Å². The van der Waals surface area contributed by atoms with Crippen molar-refractivity contribution >= 4 is 34.9 Å². The van der Waals surface area contributed by atoms with Crippen LogP contribution in [0.4, 0.5) is 0 Å². The molecule has 0 saturated carbocycles. The molecule has 4 nitrogen and oxygen atoms in total. The van der Waals surface area contributed by atoms with E-state index in [0.29, 0.717) is 6.54 Å². The van der Waals surface area contributed by atoms with Gasteiger partial charge in [0.1, 0.15) is 5.76 Å². The minimum atomic E-state index is 0.109. The molecule has 1 unspecified atom stereocenters. The Bertz CT molecular complexity index is 429. The molecule has 2 rings (SSSR count). The Hall–Kier alpha value is -0.500. The van der Waals surface area contributed by atoms with Crippen LogP contribution in [-0.2, 0) is 0 Å². The SMILES string of the molecule is CSc1nnc(SC(CN)c2ccco2)s1. The lowest BCUT2D eigenvalue weighted by Gasteiger charge is -2.08. The van der Waals surface area contributed by atoms with E-state index in [1.165, 1.54) is 0 Å². The summed E-state index contributed by atoms with van der Waals surface area (Å²) in [5.41, 5.74) is 5.72. The smallest absolute Gasteiger partial charge is 0.175 e. The van der Waals surface area contributed by atoms with Crippen molar-refractivity contribution in [2.45, 2.75) is 13.9 Å². The van der Waals surface area contributed by atoms with Gasteiger partial charge in [-0.05, 0) is 18.4 Å². The third kappa shape index (κ3) is 2.79. The third-order valence-electron chi connectivity index (χ3n) is 1.88. The number of nitrogens with two attached hydrogens (primary N) is 1. The zero-order valence-electron chi connectivity index (χ0n) is 8.62. The van der Waals surface area contributed by atoms with Crippen LogP contribution in [-0.4, -0.2) is 23.0 Å². The maximum absolute atomic E-state index is 5.72. The van der Waals surface area contributed by atoms with Crippen LogP contribution >= 0.6 is 34.9 Å². The van der Waals surface area contributed by atoms with E-state index in [4.69, 9.17) is 10.2 Å². The maximum Gasteiger partial charge on any atom is 0.175 e. The van der Waals surface area contributed by atoms with Crippen LogP contribution in [0.15, 0.2) is 31.5 Å². The monoisotopic (exact) mass is 273 g/mol. The second-order valence-electron chi connectivity index (χ2n) is 2.90. The average molecular weight is 273 g/mol. The fourth-order valence-electron chi connectivity index (χ4n) is 1.15. The Balaban J connectivity index is 2.07. The first-order valence-corrected chi connectivity index (χ1v) is 7.53. The zero-order chi connectivity index (χ0) is 11.4. The predicted molar refractivity (Wildman–Crippen MR) is 68.1 cm³/mol. The summed E-state index contributed by atoms with van der Waals surface area (Å²) in [6.45, 7) is 0.520. The van der Waals surface area contributed by atoms with Gasteiger partial charge < -0.3 is 10.2 Å². The summed E-state index contributed by atoms with van der Waals surface area (Å²) in [4.78, 5) is 0. The van der Waals surface area contributed by atoms with E-state index in [0.717, 1.165) is 14.4 Å². The van der Waals surface area contributed by atoms with E-state index in [1.54, 1.807) is 41.1 Å². The predicted octanol–water partition coefficient (Wildman–Crippen LogP) is 2.65. The van der Waals surface area contributed by atoms with Gasteiger partial charge in [-0.1, -0.05) is 34.9 Å². The molecule has 2 heterocycles. The Labute approximate surface area is 106 Å². The standard InChI is InChI=1S/C9H11N3OS3/c1-14-8-11-12-9(16-8)15-7(5-10)6-3-2-4-13-6/h2-4,7H,5,10H2,1H3. The summed E-state index contributed by atoms with van der Waals surface area (Å²) in [6.07, 6.45) is 3.65. The van der Waals surface area contributed by atoms with Gasteiger partial charge in [0.15, 0.2) is 8.68 Å². The van der Waals surface area contributed by atoms with Gasteiger partial charge in [0.2, 0.25) is 0 Å². The number of hydrogen-bond acceptors (Lipinski definition) is 7. The first-order chi connectivity index (χ1) is 7.83. The van der Waals surface area contributed by atoms with Crippen LogP contribution < -0.4 is 5.73 Å². The summed E-state index contributed by atoms with van der Waals surface area (Å²) in [5.74, 6) is 0.883. The quantitative estimate of drug-likeness (QED) is 0.845. The van der Waals surface area contributed by atoms with Gasteiger partial charge in [-0.25, -0.2) is 0 Å². The van der Waals surface area contributed by atoms with E-state index in [1.807, 2.05) is 18.4 Å². The normalized spacial score (nSPS) is 12.9.